The first kappa shape index (κ1) is 9.73. The van der Waals surface area contributed by atoms with E-state index in [0.29, 0.717) is 0 Å². The van der Waals surface area contributed by atoms with Gasteiger partial charge in [-0.15, -0.1) is 0 Å². The summed E-state index contributed by atoms with van der Waals surface area (Å²) >= 11 is 0.919. The Morgan fingerprint density at radius 2 is 1.90 bits per heavy atom. The summed E-state index contributed by atoms with van der Waals surface area (Å²) in [4.78, 5) is 9.68. The Hall–Kier alpha value is -0.270. The van der Waals surface area contributed by atoms with Crippen molar-refractivity contribution in [3.63, 3.8) is 0 Å². The number of halogens is 4. The van der Waals surface area contributed by atoms with E-state index in [-0.39, 0.29) is 6.08 Å². The lowest BCUT2D eigenvalue weighted by atomic mass is 10.5. The summed E-state index contributed by atoms with van der Waals surface area (Å²) < 4.78 is 33.3. The number of aliphatic carboxylic acids is 1. The topological polar surface area (TPSA) is 37.3 Å². The summed E-state index contributed by atoms with van der Waals surface area (Å²) in [5.41, 5.74) is 0. The Morgan fingerprint density at radius 3 is 2.00 bits per heavy atom. The van der Waals surface area contributed by atoms with E-state index >= 15 is 0 Å². The minimum absolute atomic E-state index is 0.112. The number of rotatable bonds is 1. The molecule has 0 bridgehead atoms. The summed E-state index contributed by atoms with van der Waals surface area (Å²) in [6.45, 7) is 0. The molecule has 1 N–H and O–H groups in total. The molecule has 0 rings (SSSR count). The molecule has 0 radical (unpaired) electrons. The molecule has 0 saturated heterocycles. The quantitative estimate of drug-likeness (QED) is 0.581. The second-order valence-corrected chi connectivity index (χ2v) is 2.49. The Bertz CT molecular complexity index is 172. The first-order valence-electron chi connectivity index (χ1n) is 2.01. The Morgan fingerprint density at radius 1 is 1.50 bits per heavy atom. The predicted molar refractivity (Wildman–Crippen MR) is 35.8 cm³/mol. The molecule has 0 aliphatic heterocycles. The zero-order valence-corrected chi connectivity index (χ0v) is 6.60. The van der Waals surface area contributed by atoms with Crippen molar-refractivity contribution < 1.29 is 23.1 Å². The van der Waals surface area contributed by atoms with Gasteiger partial charge in [-0.25, -0.2) is 4.79 Å². The highest BCUT2D eigenvalue weighted by molar-refractivity contribution is 14.1. The number of alkyl halides is 3. The fourth-order valence-electron chi connectivity index (χ4n) is 0.190. The molecule has 0 amide bonds. The van der Waals surface area contributed by atoms with Crippen LogP contribution in [0.5, 0.6) is 0 Å². The number of carboxylic acids is 1. The third kappa shape index (κ3) is 3.70. The van der Waals surface area contributed by atoms with Gasteiger partial charge in [0.15, 0.2) is 0 Å². The van der Waals surface area contributed by atoms with Gasteiger partial charge >= 0.3 is 12.1 Å². The minimum atomic E-state index is -4.54. The lowest BCUT2D eigenvalue weighted by Gasteiger charge is -2.01. The van der Waals surface area contributed by atoms with Crippen LogP contribution in [0.1, 0.15) is 0 Å². The highest BCUT2D eigenvalue weighted by Gasteiger charge is 2.32. The molecule has 0 atom stereocenters. The molecule has 0 aromatic heterocycles. The second-order valence-electron chi connectivity index (χ2n) is 1.33. The molecule has 0 aromatic carbocycles. The third-order valence-corrected chi connectivity index (χ3v) is 1.44. The van der Waals surface area contributed by atoms with Crippen LogP contribution in [0.15, 0.2) is 9.66 Å². The molecular weight excluding hydrogens is 264 g/mol. The lowest BCUT2D eigenvalue weighted by Crippen LogP contribution is -2.08. The van der Waals surface area contributed by atoms with E-state index in [0.717, 1.165) is 22.6 Å². The second kappa shape index (κ2) is 3.22. The number of hydrogen-bond acceptors (Lipinski definition) is 1. The van der Waals surface area contributed by atoms with Gasteiger partial charge in [0, 0.05) is 6.08 Å². The van der Waals surface area contributed by atoms with Gasteiger partial charge in [0.2, 0.25) is 0 Å². The highest BCUT2D eigenvalue weighted by Crippen LogP contribution is 2.30. The average Bonchev–Trinajstić information content (AvgIpc) is 1.60. The van der Waals surface area contributed by atoms with Crippen LogP contribution in [-0.4, -0.2) is 17.3 Å². The van der Waals surface area contributed by atoms with E-state index in [1.54, 1.807) is 0 Å². The van der Waals surface area contributed by atoms with Crippen molar-refractivity contribution in [3.05, 3.63) is 9.66 Å². The largest absolute Gasteiger partial charge is 0.478 e. The first-order valence-corrected chi connectivity index (χ1v) is 3.09. The number of allylic oxidation sites excluding steroid dienone is 1. The Kier molecular flexibility index (Phi) is 3.13. The molecule has 0 aliphatic carbocycles. The van der Waals surface area contributed by atoms with E-state index in [4.69, 9.17) is 5.11 Å². The normalized spacial score (nSPS) is 13.4. The van der Waals surface area contributed by atoms with E-state index < -0.39 is 15.7 Å². The Labute approximate surface area is 67.9 Å². The van der Waals surface area contributed by atoms with Crippen LogP contribution in [0, 0.1) is 0 Å². The molecule has 0 aliphatic rings. The van der Waals surface area contributed by atoms with Crippen molar-refractivity contribution in [2.75, 3.05) is 0 Å². The van der Waals surface area contributed by atoms with Crippen LogP contribution in [-0.2, 0) is 4.79 Å². The van der Waals surface area contributed by atoms with Gasteiger partial charge in [0.1, 0.15) is 3.58 Å². The molecule has 0 fully saturated rings. The molecule has 0 spiro atoms. The number of carboxylic acid groups (broad SMARTS) is 1. The van der Waals surface area contributed by atoms with Crippen molar-refractivity contribution in [2.24, 2.45) is 0 Å². The molecular formula is C4H2F3IO2. The summed E-state index contributed by atoms with van der Waals surface area (Å²) in [7, 11) is 0. The first-order chi connectivity index (χ1) is 4.34. The molecule has 0 unspecified atom stereocenters. The maximum Gasteiger partial charge on any atom is 0.422 e. The zero-order chi connectivity index (χ0) is 8.36. The fraction of sp³-hybridized carbons (Fsp3) is 0.250. The van der Waals surface area contributed by atoms with Crippen molar-refractivity contribution in [1.82, 2.24) is 0 Å². The van der Waals surface area contributed by atoms with E-state index in [9.17, 15) is 18.0 Å². The van der Waals surface area contributed by atoms with Gasteiger partial charge < -0.3 is 5.11 Å². The summed E-state index contributed by atoms with van der Waals surface area (Å²) in [6.07, 6.45) is -4.43. The van der Waals surface area contributed by atoms with E-state index in [2.05, 4.69) is 0 Å². The van der Waals surface area contributed by atoms with Gasteiger partial charge in [-0.05, 0) is 22.6 Å². The van der Waals surface area contributed by atoms with E-state index in [1.807, 2.05) is 0 Å². The van der Waals surface area contributed by atoms with Crippen LogP contribution in [0.3, 0.4) is 0 Å². The van der Waals surface area contributed by atoms with Crippen LogP contribution < -0.4 is 0 Å². The molecule has 6 heteroatoms. The fourth-order valence-corrected chi connectivity index (χ4v) is 0.457. The van der Waals surface area contributed by atoms with Gasteiger partial charge in [0.25, 0.3) is 0 Å². The molecule has 0 aromatic rings. The van der Waals surface area contributed by atoms with Crippen molar-refractivity contribution in [3.8, 4) is 0 Å². The Balaban J connectivity index is 4.35. The van der Waals surface area contributed by atoms with Crippen molar-refractivity contribution in [2.45, 2.75) is 6.18 Å². The van der Waals surface area contributed by atoms with Gasteiger partial charge in [0.05, 0.1) is 0 Å². The zero-order valence-electron chi connectivity index (χ0n) is 4.44. The summed E-state index contributed by atoms with van der Waals surface area (Å²) in [6, 6.07) is 0. The molecule has 58 valence electrons. The lowest BCUT2D eigenvalue weighted by molar-refractivity contribution is -0.132. The van der Waals surface area contributed by atoms with Gasteiger partial charge in [-0.1, -0.05) is 0 Å². The molecule has 2 nitrogen and oxygen atoms in total. The summed E-state index contributed by atoms with van der Waals surface area (Å²) in [5, 5.41) is 7.87. The molecule has 0 heterocycles. The smallest absolute Gasteiger partial charge is 0.422 e. The number of carbonyl (C=O) groups is 1. The predicted octanol–water partition coefficient (Wildman–Crippen LogP) is 1.95. The SMILES string of the molecule is O=C(O)/C=C(\I)C(F)(F)F. The minimum Gasteiger partial charge on any atom is -0.478 e. The highest BCUT2D eigenvalue weighted by atomic mass is 127. The maximum atomic E-state index is 11.5. The molecule has 0 saturated carbocycles. The monoisotopic (exact) mass is 266 g/mol. The standard InChI is InChI=1S/C4H2F3IO2/c5-4(6,7)2(8)1-3(9)10/h1H,(H,9,10)/b2-1-. The van der Waals surface area contributed by atoms with Crippen LogP contribution in [0.2, 0.25) is 0 Å². The van der Waals surface area contributed by atoms with Gasteiger partial charge in [-0.3, -0.25) is 0 Å². The van der Waals surface area contributed by atoms with Crippen LogP contribution in [0.4, 0.5) is 13.2 Å². The average molecular weight is 266 g/mol. The van der Waals surface area contributed by atoms with Crippen molar-refractivity contribution in [1.29, 1.82) is 0 Å². The van der Waals surface area contributed by atoms with Crippen LogP contribution in [0.25, 0.3) is 0 Å². The molecule has 10 heavy (non-hydrogen) atoms. The van der Waals surface area contributed by atoms with E-state index in [1.165, 1.54) is 0 Å². The van der Waals surface area contributed by atoms with Crippen LogP contribution >= 0.6 is 22.6 Å². The maximum absolute atomic E-state index is 11.5. The third-order valence-electron chi connectivity index (χ3n) is 0.521. The van der Waals surface area contributed by atoms with Crippen molar-refractivity contribution >= 4 is 28.6 Å². The summed E-state index contributed by atoms with van der Waals surface area (Å²) in [5.74, 6) is -1.60. The number of hydrogen-bond donors (Lipinski definition) is 1. The van der Waals surface area contributed by atoms with Gasteiger partial charge in [-0.2, -0.15) is 13.2 Å².